The van der Waals surface area contributed by atoms with Gasteiger partial charge in [-0.25, -0.2) is 9.78 Å². The maximum Gasteiger partial charge on any atom is 0.405 e. The zero-order chi connectivity index (χ0) is 14.0. The Morgan fingerprint density at radius 2 is 2.26 bits per heavy atom. The molecule has 1 amide bonds. The molecular weight excluding hydrogens is 284 g/mol. The van der Waals surface area contributed by atoms with Crippen LogP contribution in [0.15, 0.2) is 18.2 Å². The number of rotatable bonds is 4. The molecule has 0 fully saturated rings. The van der Waals surface area contributed by atoms with Gasteiger partial charge in [-0.05, 0) is 30.5 Å². The summed E-state index contributed by atoms with van der Waals surface area (Å²) in [6, 6.07) is 5.25. The van der Waals surface area contributed by atoms with Crippen LogP contribution >= 0.6 is 22.9 Å². The zero-order valence-electron chi connectivity index (χ0n) is 10.7. The van der Waals surface area contributed by atoms with E-state index in [9.17, 15) is 4.79 Å². The van der Waals surface area contributed by atoms with Gasteiger partial charge in [-0.2, -0.15) is 0 Å². The lowest BCUT2D eigenvalue weighted by Crippen LogP contribution is -2.27. The molecular formula is C13H15ClN2O2S. The first-order chi connectivity index (χ1) is 8.95. The van der Waals surface area contributed by atoms with E-state index in [1.54, 1.807) is 6.07 Å². The Bertz CT molecular complexity index is 597. The maximum atomic E-state index is 10.9. The molecule has 1 aromatic carbocycles. The summed E-state index contributed by atoms with van der Waals surface area (Å²) in [7, 11) is 0. The summed E-state index contributed by atoms with van der Waals surface area (Å²) in [4.78, 5) is 15.4. The number of fused-ring (bicyclic) bond motifs is 1. The summed E-state index contributed by atoms with van der Waals surface area (Å²) >= 11 is 7.43. The molecule has 19 heavy (non-hydrogen) atoms. The van der Waals surface area contributed by atoms with Crippen LogP contribution in [0.1, 0.15) is 31.3 Å². The van der Waals surface area contributed by atoms with Crippen LogP contribution in [0.4, 0.5) is 4.79 Å². The fourth-order valence-corrected chi connectivity index (χ4v) is 3.09. The van der Waals surface area contributed by atoms with Crippen molar-refractivity contribution in [2.45, 2.75) is 26.3 Å². The van der Waals surface area contributed by atoms with Gasteiger partial charge in [0.2, 0.25) is 0 Å². The second-order valence-electron chi connectivity index (χ2n) is 4.80. The summed E-state index contributed by atoms with van der Waals surface area (Å²) in [6.45, 7) is 4.11. The second kappa shape index (κ2) is 5.75. The Hall–Kier alpha value is -1.33. The van der Waals surface area contributed by atoms with E-state index >= 15 is 0 Å². The molecule has 1 heterocycles. The van der Waals surface area contributed by atoms with Crippen molar-refractivity contribution in [2.24, 2.45) is 5.92 Å². The first-order valence-electron chi connectivity index (χ1n) is 6.01. The highest BCUT2D eigenvalue weighted by atomic mass is 35.5. The molecule has 102 valence electrons. The first kappa shape index (κ1) is 14.1. The lowest BCUT2D eigenvalue weighted by atomic mass is 10.0. The summed E-state index contributed by atoms with van der Waals surface area (Å²) in [5, 5.41) is 12.9. The van der Waals surface area contributed by atoms with Gasteiger partial charge in [0, 0.05) is 5.02 Å². The third-order valence-corrected chi connectivity index (χ3v) is 4.05. The van der Waals surface area contributed by atoms with Gasteiger partial charge in [-0.1, -0.05) is 25.4 Å². The minimum absolute atomic E-state index is 0.270. The van der Waals surface area contributed by atoms with Crippen LogP contribution in [-0.2, 0) is 0 Å². The van der Waals surface area contributed by atoms with Crippen LogP contribution in [0.5, 0.6) is 0 Å². The number of halogens is 1. The number of nitrogens with one attached hydrogen (secondary N) is 1. The molecule has 0 saturated carbocycles. The largest absolute Gasteiger partial charge is 0.465 e. The molecule has 4 nitrogen and oxygen atoms in total. The maximum absolute atomic E-state index is 10.9. The Morgan fingerprint density at radius 1 is 1.53 bits per heavy atom. The van der Waals surface area contributed by atoms with Crippen LogP contribution in [0.25, 0.3) is 10.2 Å². The van der Waals surface area contributed by atoms with E-state index in [2.05, 4.69) is 24.1 Å². The van der Waals surface area contributed by atoms with Crippen LogP contribution in [0.2, 0.25) is 5.02 Å². The molecule has 0 aliphatic heterocycles. The quantitative estimate of drug-likeness (QED) is 0.884. The van der Waals surface area contributed by atoms with Crippen molar-refractivity contribution < 1.29 is 9.90 Å². The van der Waals surface area contributed by atoms with Gasteiger partial charge in [0.1, 0.15) is 5.01 Å². The van der Waals surface area contributed by atoms with E-state index in [1.807, 2.05) is 12.1 Å². The SMILES string of the molecule is CC(C)CC(NC(=O)O)c1nc2cc(Cl)ccc2s1. The molecule has 1 unspecified atom stereocenters. The minimum Gasteiger partial charge on any atom is -0.465 e. The number of amides is 1. The Morgan fingerprint density at radius 3 is 2.89 bits per heavy atom. The van der Waals surface area contributed by atoms with Crippen molar-refractivity contribution in [2.75, 3.05) is 0 Å². The number of carboxylic acid groups (broad SMARTS) is 1. The molecule has 0 radical (unpaired) electrons. The molecule has 0 spiro atoms. The van der Waals surface area contributed by atoms with E-state index in [4.69, 9.17) is 16.7 Å². The molecule has 1 atom stereocenters. The Kier molecular flexibility index (Phi) is 4.27. The molecule has 0 bridgehead atoms. The van der Waals surface area contributed by atoms with Crippen molar-refractivity contribution in [1.82, 2.24) is 10.3 Å². The molecule has 6 heteroatoms. The van der Waals surface area contributed by atoms with Gasteiger partial charge < -0.3 is 10.4 Å². The fourth-order valence-electron chi connectivity index (χ4n) is 1.91. The molecule has 2 aromatic rings. The molecule has 0 aliphatic carbocycles. The van der Waals surface area contributed by atoms with Crippen molar-refractivity contribution >= 4 is 39.2 Å². The highest BCUT2D eigenvalue weighted by Gasteiger charge is 2.19. The van der Waals surface area contributed by atoms with E-state index in [-0.39, 0.29) is 6.04 Å². The van der Waals surface area contributed by atoms with Gasteiger partial charge in [0.05, 0.1) is 16.3 Å². The third kappa shape index (κ3) is 3.58. The summed E-state index contributed by atoms with van der Waals surface area (Å²) in [6.07, 6.45) is -0.303. The topological polar surface area (TPSA) is 62.2 Å². The van der Waals surface area contributed by atoms with E-state index in [1.165, 1.54) is 11.3 Å². The average Bonchev–Trinajstić information content (AvgIpc) is 2.69. The van der Waals surface area contributed by atoms with Crippen molar-refractivity contribution in [3.63, 3.8) is 0 Å². The van der Waals surface area contributed by atoms with Gasteiger partial charge in [-0.3, -0.25) is 0 Å². The number of hydrogen-bond donors (Lipinski definition) is 2. The van der Waals surface area contributed by atoms with E-state index < -0.39 is 6.09 Å². The van der Waals surface area contributed by atoms with E-state index in [0.29, 0.717) is 10.9 Å². The van der Waals surface area contributed by atoms with Crippen molar-refractivity contribution in [1.29, 1.82) is 0 Å². The monoisotopic (exact) mass is 298 g/mol. The van der Waals surface area contributed by atoms with Crippen LogP contribution < -0.4 is 5.32 Å². The second-order valence-corrected chi connectivity index (χ2v) is 6.29. The lowest BCUT2D eigenvalue weighted by molar-refractivity contribution is 0.188. The number of nitrogens with zero attached hydrogens (tertiary/aromatic N) is 1. The predicted octanol–water partition coefficient (Wildman–Crippen LogP) is 4.30. The van der Waals surface area contributed by atoms with Gasteiger partial charge in [0.25, 0.3) is 0 Å². The molecule has 1 aromatic heterocycles. The number of benzene rings is 1. The van der Waals surface area contributed by atoms with Gasteiger partial charge in [0.15, 0.2) is 0 Å². The first-order valence-corrected chi connectivity index (χ1v) is 7.20. The third-order valence-electron chi connectivity index (χ3n) is 2.67. The predicted molar refractivity (Wildman–Crippen MR) is 78.0 cm³/mol. The van der Waals surface area contributed by atoms with Crippen molar-refractivity contribution in [3.8, 4) is 0 Å². The van der Waals surface area contributed by atoms with Crippen LogP contribution in [-0.4, -0.2) is 16.2 Å². The zero-order valence-corrected chi connectivity index (χ0v) is 12.3. The van der Waals surface area contributed by atoms with Crippen LogP contribution in [0, 0.1) is 5.92 Å². The smallest absolute Gasteiger partial charge is 0.405 e. The summed E-state index contributed by atoms with van der Waals surface area (Å²) in [5.74, 6) is 0.382. The molecule has 0 aliphatic rings. The number of carbonyl (C=O) groups is 1. The van der Waals surface area contributed by atoms with Gasteiger partial charge >= 0.3 is 6.09 Å². The molecule has 0 saturated heterocycles. The fraction of sp³-hybridized carbons (Fsp3) is 0.385. The molecule has 2 rings (SSSR count). The van der Waals surface area contributed by atoms with E-state index in [0.717, 1.165) is 21.6 Å². The standard InChI is InChI=1S/C13H15ClN2O2S/c1-7(2)5-10(16-13(17)18)12-15-9-6-8(14)3-4-11(9)19-12/h3-4,6-7,10,16H,5H2,1-2H3,(H,17,18). The summed E-state index contributed by atoms with van der Waals surface area (Å²) < 4.78 is 1.01. The highest BCUT2D eigenvalue weighted by molar-refractivity contribution is 7.18. The lowest BCUT2D eigenvalue weighted by Gasteiger charge is -2.16. The Labute approximate surface area is 120 Å². The number of hydrogen-bond acceptors (Lipinski definition) is 3. The normalized spacial score (nSPS) is 12.8. The highest BCUT2D eigenvalue weighted by Crippen LogP contribution is 2.31. The number of thiazole rings is 1. The van der Waals surface area contributed by atoms with Crippen LogP contribution in [0.3, 0.4) is 0 Å². The molecule has 2 N–H and O–H groups in total. The summed E-state index contributed by atoms with van der Waals surface area (Å²) in [5.41, 5.74) is 0.813. The minimum atomic E-state index is -1.03. The number of aromatic nitrogens is 1. The van der Waals surface area contributed by atoms with Crippen molar-refractivity contribution in [3.05, 3.63) is 28.2 Å². The Balaban J connectivity index is 2.34. The average molecular weight is 299 g/mol. The van der Waals surface area contributed by atoms with Gasteiger partial charge in [-0.15, -0.1) is 11.3 Å².